The van der Waals surface area contributed by atoms with Gasteiger partial charge in [0.25, 0.3) is 11.8 Å². The number of alkyl halides is 3. The minimum atomic E-state index is -4.38. The Morgan fingerprint density at radius 1 is 1.30 bits per heavy atom. The van der Waals surface area contributed by atoms with Gasteiger partial charge in [0.1, 0.15) is 5.76 Å². The van der Waals surface area contributed by atoms with Gasteiger partial charge in [0.2, 0.25) is 0 Å². The van der Waals surface area contributed by atoms with Crippen molar-refractivity contribution in [1.82, 2.24) is 10.6 Å². The number of aryl methyl sites for hydroxylation is 1. The molecule has 0 fully saturated rings. The van der Waals surface area contributed by atoms with E-state index in [0.717, 1.165) is 12.1 Å². The summed E-state index contributed by atoms with van der Waals surface area (Å²) in [6.45, 7) is 1.26. The summed E-state index contributed by atoms with van der Waals surface area (Å²) in [7, 11) is 0. The van der Waals surface area contributed by atoms with E-state index in [-0.39, 0.29) is 19.1 Å². The minimum Gasteiger partial charge on any atom is -0.465 e. The number of carbonyl (C=O) groups excluding carboxylic acids is 1. The Kier molecular flexibility index (Phi) is 5.22. The maximum Gasteiger partial charge on any atom is 0.416 e. The first-order valence-electron chi connectivity index (χ1n) is 6.47. The molecule has 1 heterocycles. The van der Waals surface area contributed by atoms with E-state index in [1.54, 1.807) is 6.92 Å². The van der Waals surface area contributed by atoms with Gasteiger partial charge < -0.3 is 9.26 Å². The van der Waals surface area contributed by atoms with E-state index in [1.807, 2.05) is 0 Å². The fraction of sp³-hybridized carbons (Fsp3) is 0.286. The van der Waals surface area contributed by atoms with Crippen LogP contribution in [0.4, 0.5) is 13.2 Å². The third kappa shape index (κ3) is 5.29. The molecule has 1 aromatic heterocycles. The first-order chi connectivity index (χ1) is 10.8. The molecule has 0 bridgehead atoms. The predicted molar refractivity (Wildman–Crippen MR) is 71.1 cm³/mol. The lowest BCUT2D eigenvalue weighted by Gasteiger charge is -2.08. The minimum absolute atomic E-state index is 0.0764. The molecule has 0 atom stereocenters. The highest BCUT2D eigenvalue weighted by Gasteiger charge is 2.29. The van der Waals surface area contributed by atoms with Gasteiger partial charge in [-0.1, -0.05) is 12.1 Å². The molecule has 9 heteroatoms. The number of nitrogens with zero attached hydrogens (tertiary/aromatic N) is 1. The van der Waals surface area contributed by atoms with Gasteiger partial charge in [0.05, 0.1) is 12.2 Å². The van der Waals surface area contributed by atoms with Crippen LogP contribution in [0.5, 0.6) is 5.88 Å². The molecule has 2 rings (SSSR count). The van der Waals surface area contributed by atoms with Crippen molar-refractivity contribution in [3.63, 3.8) is 0 Å². The summed E-state index contributed by atoms with van der Waals surface area (Å²) in [6, 6.07) is 5.93. The van der Waals surface area contributed by atoms with Gasteiger partial charge in [-0.2, -0.15) is 13.2 Å². The second-order valence-electron chi connectivity index (χ2n) is 4.57. The Morgan fingerprint density at radius 3 is 2.57 bits per heavy atom. The zero-order valence-electron chi connectivity index (χ0n) is 12.0. The molecule has 6 nitrogen and oxygen atoms in total. The molecule has 0 aliphatic rings. The van der Waals surface area contributed by atoms with Crippen molar-refractivity contribution in [1.29, 1.82) is 0 Å². The molecule has 0 spiro atoms. The van der Waals surface area contributed by atoms with Crippen LogP contribution in [0.2, 0.25) is 0 Å². The maximum absolute atomic E-state index is 12.4. The first kappa shape index (κ1) is 16.8. The molecule has 1 N–H and O–H groups in total. The molecule has 0 radical (unpaired) electrons. The van der Waals surface area contributed by atoms with Crippen LogP contribution in [0.3, 0.4) is 0 Å². The summed E-state index contributed by atoms with van der Waals surface area (Å²) in [5, 5.41) is 3.53. The van der Waals surface area contributed by atoms with Crippen molar-refractivity contribution in [3.8, 4) is 5.88 Å². The third-order valence-corrected chi connectivity index (χ3v) is 2.66. The predicted octanol–water partition coefficient (Wildman–Crippen LogP) is 2.63. The quantitative estimate of drug-likeness (QED) is 0.824. The van der Waals surface area contributed by atoms with Crippen molar-refractivity contribution in [2.24, 2.45) is 0 Å². The summed E-state index contributed by atoms with van der Waals surface area (Å²) in [6.07, 6.45) is -4.38. The Labute approximate surface area is 129 Å². The van der Waals surface area contributed by atoms with E-state index in [1.165, 1.54) is 18.2 Å². The van der Waals surface area contributed by atoms with Crippen LogP contribution in [0.25, 0.3) is 0 Å². The number of rotatable bonds is 6. The summed E-state index contributed by atoms with van der Waals surface area (Å²) in [5.41, 5.74) is 1.84. The molecule has 23 heavy (non-hydrogen) atoms. The topological polar surface area (TPSA) is 73.6 Å². The van der Waals surface area contributed by atoms with Gasteiger partial charge >= 0.3 is 6.18 Å². The van der Waals surface area contributed by atoms with E-state index < -0.39 is 17.6 Å². The first-order valence-corrected chi connectivity index (χ1v) is 6.47. The fourth-order valence-electron chi connectivity index (χ4n) is 1.57. The lowest BCUT2D eigenvalue weighted by atomic mass is 10.1. The van der Waals surface area contributed by atoms with Gasteiger partial charge in [-0.25, -0.2) is 5.48 Å². The number of nitrogens with one attached hydrogen (secondary N) is 1. The summed E-state index contributed by atoms with van der Waals surface area (Å²) in [4.78, 5) is 16.3. The van der Waals surface area contributed by atoms with Crippen molar-refractivity contribution in [3.05, 3.63) is 47.2 Å². The molecule has 0 saturated carbocycles. The molecular weight excluding hydrogens is 317 g/mol. The van der Waals surface area contributed by atoms with Crippen LogP contribution in [0.1, 0.15) is 16.9 Å². The molecule has 0 aliphatic carbocycles. The average molecular weight is 330 g/mol. The van der Waals surface area contributed by atoms with E-state index in [0.29, 0.717) is 11.3 Å². The van der Waals surface area contributed by atoms with Gasteiger partial charge in [0.15, 0.2) is 6.61 Å². The van der Waals surface area contributed by atoms with Gasteiger partial charge in [0, 0.05) is 6.07 Å². The molecule has 0 saturated heterocycles. The number of hydrogen-bond acceptors (Lipinski definition) is 5. The number of carbonyl (C=O) groups is 1. The zero-order chi connectivity index (χ0) is 16.9. The van der Waals surface area contributed by atoms with Crippen LogP contribution in [-0.2, 0) is 22.4 Å². The Balaban J connectivity index is 1.71. The SMILES string of the molecule is Cc1cc(OCC(=O)NOCc2ccc(C(F)(F)F)cc2)no1. The molecule has 124 valence electrons. The Bertz CT molecular complexity index is 653. The van der Waals surface area contributed by atoms with Gasteiger partial charge in [-0.15, -0.1) is 0 Å². The smallest absolute Gasteiger partial charge is 0.416 e. The van der Waals surface area contributed by atoms with E-state index in [9.17, 15) is 18.0 Å². The van der Waals surface area contributed by atoms with E-state index >= 15 is 0 Å². The highest BCUT2D eigenvalue weighted by atomic mass is 19.4. The maximum atomic E-state index is 12.4. The van der Waals surface area contributed by atoms with Crippen LogP contribution in [0, 0.1) is 6.92 Å². The van der Waals surface area contributed by atoms with Crippen LogP contribution < -0.4 is 10.2 Å². The number of halogens is 3. The Hall–Kier alpha value is -2.55. The number of ether oxygens (including phenoxy) is 1. The largest absolute Gasteiger partial charge is 0.465 e. The number of aromatic nitrogens is 1. The summed E-state index contributed by atoms with van der Waals surface area (Å²) < 4.78 is 46.9. The summed E-state index contributed by atoms with van der Waals surface area (Å²) in [5.74, 6) is 0.136. The van der Waals surface area contributed by atoms with E-state index in [4.69, 9.17) is 14.1 Å². The fourth-order valence-corrected chi connectivity index (χ4v) is 1.57. The third-order valence-electron chi connectivity index (χ3n) is 2.66. The number of benzene rings is 1. The average Bonchev–Trinajstić information content (AvgIpc) is 2.90. The van der Waals surface area contributed by atoms with Crippen molar-refractivity contribution in [2.45, 2.75) is 19.7 Å². The highest BCUT2D eigenvalue weighted by Crippen LogP contribution is 2.29. The second kappa shape index (κ2) is 7.14. The molecule has 2 aromatic rings. The second-order valence-corrected chi connectivity index (χ2v) is 4.57. The zero-order valence-corrected chi connectivity index (χ0v) is 12.0. The van der Waals surface area contributed by atoms with E-state index in [2.05, 4.69) is 10.6 Å². The standard InChI is InChI=1S/C14H13F3N2O4/c1-9-6-13(19-23-9)21-8-12(20)18-22-7-10-2-4-11(5-3-10)14(15,16)17/h2-6H,7-8H2,1H3,(H,18,20). The van der Waals surface area contributed by atoms with Gasteiger partial charge in [-0.05, 0) is 29.8 Å². The molecular formula is C14H13F3N2O4. The van der Waals surface area contributed by atoms with Crippen molar-refractivity contribution in [2.75, 3.05) is 6.61 Å². The van der Waals surface area contributed by atoms with Crippen molar-refractivity contribution < 1.29 is 32.1 Å². The van der Waals surface area contributed by atoms with Crippen LogP contribution >= 0.6 is 0 Å². The van der Waals surface area contributed by atoms with Crippen molar-refractivity contribution >= 4 is 5.91 Å². The summed E-state index contributed by atoms with van der Waals surface area (Å²) >= 11 is 0. The lowest BCUT2D eigenvalue weighted by molar-refractivity contribution is -0.137. The highest BCUT2D eigenvalue weighted by molar-refractivity contribution is 5.76. The molecule has 1 aromatic carbocycles. The number of amides is 1. The van der Waals surface area contributed by atoms with Gasteiger partial charge in [-0.3, -0.25) is 9.63 Å². The molecule has 0 aliphatic heterocycles. The van der Waals surface area contributed by atoms with Crippen LogP contribution in [-0.4, -0.2) is 17.7 Å². The lowest BCUT2D eigenvalue weighted by Crippen LogP contribution is -2.29. The Morgan fingerprint density at radius 2 is 2.00 bits per heavy atom. The normalized spacial score (nSPS) is 11.3. The van der Waals surface area contributed by atoms with Crippen LogP contribution in [0.15, 0.2) is 34.9 Å². The molecule has 1 amide bonds. The monoisotopic (exact) mass is 330 g/mol. The number of hydroxylamine groups is 1. The molecule has 0 unspecified atom stereocenters. The number of hydrogen-bond donors (Lipinski definition) is 1.